The van der Waals surface area contributed by atoms with Gasteiger partial charge < -0.3 is 4.42 Å². The van der Waals surface area contributed by atoms with Crippen LogP contribution in [0.25, 0.3) is 11.5 Å². The smallest absolute Gasteiger partial charge is 0.226 e. The Morgan fingerprint density at radius 3 is 3.00 bits per heavy atom. The summed E-state index contributed by atoms with van der Waals surface area (Å²) in [7, 11) is 0. The lowest BCUT2D eigenvalue weighted by atomic mass is 9.85. The molecule has 3 nitrogen and oxygen atoms in total. The van der Waals surface area contributed by atoms with Crippen LogP contribution in [0.1, 0.15) is 27.6 Å². The summed E-state index contributed by atoms with van der Waals surface area (Å²) in [6.45, 7) is 8.56. The number of nitrogens with zero attached hydrogens (tertiary/aromatic N) is 2. The molecule has 0 spiro atoms. The summed E-state index contributed by atoms with van der Waals surface area (Å²) in [4.78, 5) is 8.27. The van der Waals surface area contributed by atoms with E-state index in [1.54, 1.807) is 17.6 Å². The third-order valence-electron chi connectivity index (χ3n) is 4.57. The van der Waals surface area contributed by atoms with Gasteiger partial charge in [-0.25, -0.2) is 4.98 Å². The van der Waals surface area contributed by atoms with Gasteiger partial charge in [0.2, 0.25) is 5.89 Å². The summed E-state index contributed by atoms with van der Waals surface area (Å²) in [6.07, 6.45) is 3.66. The molecule has 0 bridgehead atoms. The van der Waals surface area contributed by atoms with Crippen LogP contribution in [0, 0.1) is 6.92 Å². The van der Waals surface area contributed by atoms with Crippen molar-refractivity contribution >= 4 is 22.9 Å². The van der Waals surface area contributed by atoms with Gasteiger partial charge in [0.1, 0.15) is 6.26 Å². The molecule has 1 aliphatic heterocycles. The minimum Gasteiger partial charge on any atom is -0.444 e. The molecule has 5 heteroatoms. The molecule has 3 aromatic rings. The molecule has 0 aliphatic carbocycles. The van der Waals surface area contributed by atoms with Gasteiger partial charge in [0.05, 0.1) is 10.0 Å². The molecule has 3 heterocycles. The zero-order chi connectivity index (χ0) is 17.4. The summed E-state index contributed by atoms with van der Waals surface area (Å²) in [5.74, 6) is 0.924. The zero-order valence-electron chi connectivity index (χ0n) is 14.0. The molecule has 2 aromatic heterocycles. The fourth-order valence-corrected chi connectivity index (χ4v) is 4.90. The van der Waals surface area contributed by atoms with Gasteiger partial charge in [0, 0.05) is 36.0 Å². The minimum absolute atomic E-state index is 0.246. The Morgan fingerprint density at radius 1 is 1.40 bits per heavy atom. The van der Waals surface area contributed by atoms with E-state index in [0.717, 1.165) is 35.2 Å². The Balaban J connectivity index is 1.82. The Labute approximate surface area is 156 Å². The monoisotopic (exact) mass is 370 g/mol. The topological polar surface area (TPSA) is 29.3 Å². The largest absolute Gasteiger partial charge is 0.444 e. The third kappa shape index (κ3) is 3.17. The number of halogens is 1. The molecular weight excluding hydrogens is 352 g/mol. The van der Waals surface area contributed by atoms with E-state index in [1.165, 1.54) is 16.0 Å². The second kappa shape index (κ2) is 6.79. The molecule has 1 unspecified atom stereocenters. The number of hydrogen-bond acceptors (Lipinski definition) is 4. The number of rotatable bonds is 4. The van der Waals surface area contributed by atoms with Gasteiger partial charge in [-0.05, 0) is 30.2 Å². The standard InChI is InChI=1S/C20H19ClN2OS/c1-3-8-23-10-17(16-9-19(21)25-18(16)11-23)14-6-4-5-7-15(14)20-22-13(2)12-24-20/h3-7,9,12,17H,1,8,10-11H2,2H3. The zero-order valence-corrected chi connectivity index (χ0v) is 15.6. The van der Waals surface area contributed by atoms with Crippen LogP contribution in [0.15, 0.2) is 53.7 Å². The molecule has 0 fully saturated rings. The number of benzene rings is 1. The molecule has 1 aromatic carbocycles. The van der Waals surface area contributed by atoms with Crippen LogP contribution >= 0.6 is 22.9 Å². The highest BCUT2D eigenvalue weighted by Gasteiger charge is 2.30. The van der Waals surface area contributed by atoms with Crippen molar-refractivity contribution in [1.82, 2.24) is 9.88 Å². The first-order valence-electron chi connectivity index (χ1n) is 8.28. The first kappa shape index (κ1) is 16.6. The fourth-order valence-electron chi connectivity index (χ4n) is 3.51. The van der Waals surface area contributed by atoms with Crippen molar-refractivity contribution in [3.8, 4) is 11.5 Å². The first-order chi connectivity index (χ1) is 12.2. The van der Waals surface area contributed by atoms with Gasteiger partial charge in [-0.15, -0.1) is 17.9 Å². The van der Waals surface area contributed by atoms with E-state index in [-0.39, 0.29) is 5.92 Å². The molecule has 1 aliphatic rings. The lowest BCUT2D eigenvalue weighted by Gasteiger charge is -2.33. The molecule has 0 saturated carbocycles. The Kier molecular flexibility index (Phi) is 4.50. The normalized spacial score (nSPS) is 17.4. The summed E-state index contributed by atoms with van der Waals surface area (Å²) in [5, 5.41) is 0. The second-order valence-electron chi connectivity index (χ2n) is 6.35. The molecular formula is C20H19ClN2OS. The highest BCUT2D eigenvalue weighted by molar-refractivity contribution is 7.16. The highest BCUT2D eigenvalue weighted by Crippen LogP contribution is 2.42. The average molecular weight is 371 g/mol. The quantitative estimate of drug-likeness (QED) is 0.568. The van der Waals surface area contributed by atoms with E-state index in [4.69, 9.17) is 16.0 Å². The van der Waals surface area contributed by atoms with Gasteiger partial charge in [-0.3, -0.25) is 4.90 Å². The molecule has 0 saturated heterocycles. The average Bonchev–Trinajstić information content (AvgIpc) is 3.19. The SMILES string of the molecule is C=CCN1Cc2sc(Cl)cc2C(c2ccccc2-c2nc(C)co2)C1. The predicted molar refractivity (Wildman–Crippen MR) is 103 cm³/mol. The molecule has 1 atom stereocenters. The van der Waals surface area contributed by atoms with Crippen molar-refractivity contribution in [2.45, 2.75) is 19.4 Å². The van der Waals surface area contributed by atoms with Crippen LogP contribution in [0.2, 0.25) is 4.34 Å². The van der Waals surface area contributed by atoms with Crippen LogP contribution < -0.4 is 0 Å². The maximum absolute atomic E-state index is 6.34. The van der Waals surface area contributed by atoms with Crippen LogP contribution in [-0.4, -0.2) is 23.0 Å². The lowest BCUT2D eigenvalue weighted by Crippen LogP contribution is -2.33. The number of aromatic nitrogens is 1. The third-order valence-corrected chi connectivity index (χ3v) is 5.83. The predicted octanol–water partition coefficient (Wildman–Crippen LogP) is 5.50. The number of aryl methyl sites for hydroxylation is 1. The summed E-state index contributed by atoms with van der Waals surface area (Å²) in [5.41, 5.74) is 4.50. The van der Waals surface area contributed by atoms with E-state index < -0.39 is 0 Å². The van der Waals surface area contributed by atoms with Gasteiger partial charge >= 0.3 is 0 Å². The Bertz CT molecular complexity index is 914. The molecule has 0 radical (unpaired) electrons. The Morgan fingerprint density at radius 2 is 2.24 bits per heavy atom. The van der Waals surface area contributed by atoms with Crippen LogP contribution in [0.3, 0.4) is 0 Å². The van der Waals surface area contributed by atoms with E-state index in [2.05, 4.69) is 40.7 Å². The number of thiophene rings is 1. The molecule has 4 rings (SSSR count). The molecule has 25 heavy (non-hydrogen) atoms. The summed E-state index contributed by atoms with van der Waals surface area (Å²) < 4.78 is 6.53. The van der Waals surface area contributed by atoms with Gasteiger partial charge in [0.15, 0.2) is 0 Å². The molecule has 0 amide bonds. The number of fused-ring (bicyclic) bond motifs is 1. The van der Waals surface area contributed by atoms with Crippen LogP contribution in [0.4, 0.5) is 0 Å². The van der Waals surface area contributed by atoms with Crippen molar-refractivity contribution < 1.29 is 4.42 Å². The fraction of sp³-hybridized carbons (Fsp3) is 0.250. The van der Waals surface area contributed by atoms with Crippen LogP contribution in [0.5, 0.6) is 0 Å². The molecule has 128 valence electrons. The van der Waals surface area contributed by atoms with E-state index in [0.29, 0.717) is 5.89 Å². The van der Waals surface area contributed by atoms with Crippen molar-refractivity contribution in [1.29, 1.82) is 0 Å². The van der Waals surface area contributed by atoms with Crippen molar-refractivity contribution in [3.05, 3.63) is 75.3 Å². The number of hydrogen-bond donors (Lipinski definition) is 0. The van der Waals surface area contributed by atoms with Gasteiger partial charge in [0.25, 0.3) is 0 Å². The minimum atomic E-state index is 0.246. The summed E-state index contributed by atoms with van der Waals surface area (Å²) in [6, 6.07) is 10.5. The van der Waals surface area contributed by atoms with E-state index in [1.807, 2.05) is 19.1 Å². The van der Waals surface area contributed by atoms with Gasteiger partial charge in [-0.1, -0.05) is 35.9 Å². The van der Waals surface area contributed by atoms with Crippen LogP contribution in [-0.2, 0) is 6.54 Å². The van der Waals surface area contributed by atoms with E-state index >= 15 is 0 Å². The lowest BCUT2D eigenvalue weighted by molar-refractivity contribution is 0.270. The first-order valence-corrected chi connectivity index (χ1v) is 9.48. The van der Waals surface area contributed by atoms with Crippen molar-refractivity contribution in [2.75, 3.05) is 13.1 Å². The molecule has 0 N–H and O–H groups in total. The summed E-state index contributed by atoms with van der Waals surface area (Å²) >= 11 is 8.01. The van der Waals surface area contributed by atoms with Crippen molar-refractivity contribution in [2.24, 2.45) is 0 Å². The maximum Gasteiger partial charge on any atom is 0.226 e. The Hall–Kier alpha value is -1.88. The van der Waals surface area contributed by atoms with E-state index in [9.17, 15) is 0 Å². The second-order valence-corrected chi connectivity index (χ2v) is 8.11. The number of oxazole rings is 1. The van der Waals surface area contributed by atoms with Crippen molar-refractivity contribution in [3.63, 3.8) is 0 Å². The van der Waals surface area contributed by atoms with Gasteiger partial charge in [-0.2, -0.15) is 0 Å². The highest BCUT2D eigenvalue weighted by atomic mass is 35.5. The maximum atomic E-state index is 6.34.